The van der Waals surface area contributed by atoms with E-state index in [0.717, 1.165) is 11.1 Å². The van der Waals surface area contributed by atoms with Crippen LogP contribution in [0.5, 0.6) is 0 Å². The van der Waals surface area contributed by atoms with E-state index in [4.69, 9.17) is 14.9 Å². The lowest BCUT2D eigenvalue weighted by Crippen LogP contribution is -2.26. The van der Waals surface area contributed by atoms with Crippen LogP contribution in [0.2, 0.25) is 0 Å². The number of aliphatic hydroxyl groups is 1. The summed E-state index contributed by atoms with van der Waals surface area (Å²) in [7, 11) is 0. The van der Waals surface area contributed by atoms with Gasteiger partial charge >= 0.3 is 5.97 Å². The summed E-state index contributed by atoms with van der Waals surface area (Å²) in [5.41, 5.74) is 1.92. The molecule has 1 rings (SSSR count). The number of carbonyl (C=O) groups is 1. The summed E-state index contributed by atoms with van der Waals surface area (Å²) < 4.78 is 5.16. The number of benzene rings is 1. The molecule has 0 bridgehead atoms. The second-order valence-electron chi connectivity index (χ2n) is 3.78. The smallest absolute Gasteiger partial charge is 0.333 e. The van der Waals surface area contributed by atoms with Crippen molar-refractivity contribution in [2.24, 2.45) is 0 Å². The summed E-state index contributed by atoms with van der Waals surface area (Å²) in [6.07, 6.45) is 0.132. The highest BCUT2D eigenvalue weighted by atomic mass is 16.5. The molecule has 0 aliphatic heterocycles. The second-order valence-corrected chi connectivity index (χ2v) is 3.78. The van der Waals surface area contributed by atoms with Gasteiger partial charge in [-0.2, -0.15) is 0 Å². The Labute approximate surface area is 101 Å². The van der Waals surface area contributed by atoms with Gasteiger partial charge in [0.2, 0.25) is 0 Å². The summed E-state index contributed by atoms with van der Waals surface area (Å²) in [6, 6.07) is 7.56. The van der Waals surface area contributed by atoms with E-state index in [1.165, 1.54) is 0 Å². The average Bonchev–Trinajstić information content (AvgIpc) is 2.29. The fraction of sp³-hybridized carbons (Fsp3) is 0.462. The molecule has 17 heavy (non-hydrogen) atoms. The molecular formula is C13H18O4. The molecule has 0 radical (unpaired) electrons. The van der Waals surface area contributed by atoms with Gasteiger partial charge < -0.3 is 14.9 Å². The van der Waals surface area contributed by atoms with E-state index >= 15 is 0 Å². The fourth-order valence-corrected chi connectivity index (χ4v) is 1.67. The van der Waals surface area contributed by atoms with Crippen LogP contribution in [0.15, 0.2) is 24.3 Å². The van der Waals surface area contributed by atoms with Crippen LogP contribution in [0.1, 0.15) is 18.1 Å². The maximum Gasteiger partial charge on any atom is 0.333 e. The summed E-state index contributed by atoms with van der Waals surface area (Å²) in [6.45, 7) is 2.25. The number of hydrogen-bond acceptors (Lipinski definition) is 3. The first-order chi connectivity index (χ1) is 8.17. The Kier molecular flexibility index (Phi) is 5.66. The van der Waals surface area contributed by atoms with Crippen LogP contribution in [-0.2, 0) is 22.4 Å². The van der Waals surface area contributed by atoms with Crippen molar-refractivity contribution in [1.82, 2.24) is 0 Å². The van der Waals surface area contributed by atoms with Crippen molar-refractivity contribution in [3.63, 3.8) is 0 Å². The predicted octanol–water partition coefficient (Wildman–Crippen LogP) is 1.25. The van der Waals surface area contributed by atoms with E-state index < -0.39 is 12.1 Å². The lowest BCUT2D eigenvalue weighted by molar-refractivity contribution is -0.149. The molecular weight excluding hydrogens is 220 g/mol. The van der Waals surface area contributed by atoms with Crippen molar-refractivity contribution in [2.75, 3.05) is 13.2 Å². The molecule has 2 N–H and O–H groups in total. The molecule has 1 aromatic rings. The Bertz CT molecular complexity index is 362. The molecule has 0 saturated carbocycles. The first-order valence-corrected chi connectivity index (χ1v) is 5.70. The molecule has 0 fully saturated rings. The first-order valence-electron chi connectivity index (χ1n) is 5.70. The quantitative estimate of drug-likeness (QED) is 0.750. The number of ether oxygens (including phenoxy) is 1. The van der Waals surface area contributed by atoms with E-state index in [0.29, 0.717) is 19.4 Å². The zero-order chi connectivity index (χ0) is 12.7. The van der Waals surface area contributed by atoms with Crippen molar-refractivity contribution in [1.29, 1.82) is 0 Å². The molecule has 0 aliphatic carbocycles. The van der Waals surface area contributed by atoms with Crippen LogP contribution in [0, 0.1) is 0 Å². The van der Waals surface area contributed by atoms with Gasteiger partial charge in [0, 0.05) is 19.6 Å². The van der Waals surface area contributed by atoms with Gasteiger partial charge in [-0.15, -0.1) is 0 Å². The Morgan fingerprint density at radius 3 is 2.71 bits per heavy atom. The number of hydrogen-bond donors (Lipinski definition) is 2. The average molecular weight is 238 g/mol. The van der Waals surface area contributed by atoms with Crippen molar-refractivity contribution < 1.29 is 19.7 Å². The van der Waals surface area contributed by atoms with Crippen LogP contribution in [0.25, 0.3) is 0 Å². The van der Waals surface area contributed by atoms with Crippen LogP contribution in [-0.4, -0.2) is 35.5 Å². The van der Waals surface area contributed by atoms with Gasteiger partial charge in [-0.3, -0.25) is 0 Å². The van der Waals surface area contributed by atoms with Gasteiger partial charge in [0.1, 0.15) is 0 Å². The van der Waals surface area contributed by atoms with Gasteiger partial charge in [0.25, 0.3) is 0 Å². The van der Waals surface area contributed by atoms with E-state index in [1.807, 2.05) is 24.3 Å². The molecule has 0 saturated heterocycles. The molecule has 4 heteroatoms. The molecule has 0 aromatic heterocycles. The van der Waals surface area contributed by atoms with Gasteiger partial charge in [0.15, 0.2) is 6.10 Å². The number of carboxylic acid groups (broad SMARTS) is 1. The number of aliphatic carboxylic acids is 1. The Hall–Kier alpha value is -1.39. The summed E-state index contributed by atoms with van der Waals surface area (Å²) in [5.74, 6) is -0.945. The predicted molar refractivity (Wildman–Crippen MR) is 64.0 cm³/mol. The van der Waals surface area contributed by atoms with Gasteiger partial charge in [-0.1, -0.05) is 24.3 Å². The lowest BCUT2D eigenvalue weighted by Gasteiger charge is -2.12. The topological polar surface area (TPSA) is 66.8 Å². The van der Waals surface area contributed by atoms with Crippen molar-refractivity contribution in [3.05, 3.63) is 35.4 Å². The zero-order valence-corrected chi connectivity index (χ0v) is 9.93. The minimum atomic E-state index is -0.945. The van der Waals surface area contributed by atoms with Crippen LogP contribution in [0.3, 0.4) is 0 Å². The SMILES string of the molecule is CCOC(Cc1cccc(CCO)c1)C(=O)O. The van der Waals surface area contributed by atoms with Crippen molar-refractivity contribution >= 4 is 5.97 Å². The minimum Gasteiger partial charge on any atom is -0.479 e. The monoisotopic (exact) mass is 238 g/mol. The van der Waals surface area contributed by atoms with Gasteiger partial charge in [-0.05, 0) is 24.5 Å². The molecule has 1 unspecified atom stereocenters. The third-order valence-corrected chi connectivity index (χ3v) is 2.46. The lowest BCUT2D eigenvalue weighted by atomic mass is 10.0. The zero-order valence-electron chi connectivity index (χ0n) is 9.93. The standard InChI is InChI=1S/C13H18O4/c1-2-17-12(13(15)16)9-11-5-3-4-10(8-11)6-7-14/h3-5,8,12,14H,2,6-7,9H2,1H3,(H,15,16). The fourth-order valence-electron chi connectivity index (χ4n) is 1.67. The molecule has 0 amide bonds. The Morgan fingerprint density at radius 2 is 2.12 bits per heavy atom. The van der Waals surface area contributed by atoms with Crippen LogP contribution < -0.4 is 0 Å². The summed E-state index contributed by atoms with van der Waals surface area (Å²) in [5, 5.41) is 17.8. The van der Waals surface area contributed by atoms with E-state index in [-0.39, 0.29) is 6.61 Å². The van der Waals surface area contributed by atoms with E-state index in [1.54, 1.807) is 6.92 Å². The van der Waals surface area contributed by atoms with E-state index in [2.05, 4.69) is 0 Å². The van der Waals surface area contributed by atoms with Crippen LogP contribution in [0.4, 0.5) is 0 Å². The molecule has 1 atom stereocenters. The largest absolute Gasteiger partial charge is 0.479 e. The minimum absolute atomic E-state index is 0.0945. The Balaban J connectivity index is 2.71. The highest BCUT2D eigenvalue weighted by Crippen LogP contribution is 2.10. The molecule has 4 nitrogen and oxygen atoms in total. The number of aliphatic hydroxyl groups excluding tert-OH is 1. The van der Waals surface area contributed by atoms with Crippen LogP contribution >= 0.6 is 0 Å². The maximum absolute atomic E-state index is 10.9. The molecule has 1 aromatic carbocycles. The van der Waals surface area contributed by atoms with E-state index in [9.17, 15) is 4.79 Å². The molecule has 0 aliphatic rings. The normalized spacial score (nSPS) is 12.4. The third kappa shape index (κ3) is 4.54. The highest BCUT2D eigenvalue weighted by molar-refractivity contribution is 5.72. The van der Waals surface area contributed by atoms with Crippen molar-refractivity contribution in [3.8, 4) is 0 Å². The molecule has 94 valence electrons. The number of rotatable bonds is 7. The second kappa shape index (κ2) is 7.04. The molecule has 0 spiro atoms. The molecule has 0 heterocycles. The maximum atomic E-state index is 10.9. The Morgan fingerprint density at radius 1 is 1.41 bits per heavy atom. The van der Waals surface area contributed by atoms with Gasteiger partial charge in [-0.25, -0.2) is 4.79 Å². The van der Waals surface area contributed by atoms with Crippen molar-refractivity contribution in [2.45, 2.75) is 25.9 Å². The summed E-state index contributed by atoms with van der Waals surface area (Å²) in [4.78, 5) is 10.9. The highest BCUT2D eigenvalue weighted by Gasteiger charge is 2.17. The third-order valence-electron chi connectivity index (χ3n) is 2.46. The van der Waals surface area contributed by atoms with Gasteiger partial charge in [0.05, 0.1) is 0 Å². The first kappa shape index (κ1) is 13.7. The summed E-state index contributed by atoms with van der Waals surface area (Å²) >= 11 is 0. The number of carboxylic acids is 1.